The quantitative estimate of drug-likeness (QED) is 0.0382. The number of fused-ring (bicyclic) bond motifs is 8. The highest BCUT2D eigenvalue weighted by Crippen LogP contribution is 2.56. The Morgan fingerprint density at radius 1 is 0.358 bits per heavy atom. The van der Waals surface area contributed by atoms with Crippen molar-refractivity contribution >= 4 is 98.6 Å². The van der Waals surface area contributed by atoms with Gasteiger partial charge in [0.1, 0.15) is 28.6 Å². The molecule has 7 saturated heterocycles. The topological polar surface area (TPSA) is 325 Å². The van der Waals surface area contributed by atoms with Crippen LogP contribution in [-0.4, -0.2) is 211 Å². The first-order valence-electron chi connectivity index (χ1n) is 51.6. The normalized spacial score (nSPS) is 18.4. The molecule has 0 spiro atoms. The van der Waals surface area contributed by atoms with Gasteiger partial charge in [-0.2, -0.15) is 0 Å². The number of nitrogens with two attached hydrogens (primary N) is 1. The fourth-order valence-electron chi connectivity index (χ4n) is 20.3. The first-order chi connectivity index (χ1) is 72.3. The molecule has 11 aliphatic heterocycles. The van der Waals surface area contributed by atoms with Crippen molar-refractivity contribution in [3.8, 4) is 91.0 Å². The molecule has 3 unspecified atom stereocenters. The van der Waals surface area contributed by atoms with Gasteiger partial charge in [0.15, 0.2) is 23.0 Å². The van der Waals surface area contributed by atoms with E-state index in [1.54, 1.807) is 71.3 Å². The molecule has 0 aliphatic carbocycles. The maximum atomic E-state index is 12.7. The minimum Gasteiger partial charge on any atom is -0.454 e. The van der Waals surface area contributed by atoms with E-state index in [0.29, 0.717) is 83.7 Å². The summed E-state index contributed by atoms with van der Waals surface area (Å²) in [4.78, 5) is 96.3. The zero-order valence-corrected chi connectivity index (χ0v) is 86.8. The van der Waals surface area contributed by atoms with Crippen molar-refractivity contribution in [2.45, 2.75) is 148 Å². The predicted molar refractivity (Wildman–Crippen MR) is 590 cm³/mol. The Morgan fingerprint density at radius 3 is 1.09 bits per heavy atom. The van der Waals surface area contributed by atoms with Gasteiger partial charge in [0.2, 0.25) is 22.2 Å². The number of ether oxygens (including phenoxy) is 9. The number of hydrogen-bond acceptors (Lipinski definition) is 28. The Kier molecular flexibility index (Phi) is 31.8. The number of para-hydroxylation sites is 4. The van der Waals surface area contributed by atoms with Gasteiger partial charge in [0.05, 0.1) is 115 Å². The van der Waals surface area contributed by atoms with E-state index in [-0.39, 0.29) is 34.4 Å². The standard InChI is InChI=1S/C35H38N4O3S.C32H38N4O5S.C27H30N4O3S.C21H19N3O3S/c40-34-24-28(39-18-20-41-21-19-39)23-30(37-34)29-9-4-10-32-35(29)42-31-12-11-27(22-33(31)43-32)36-26-8-5-15-38(17-14-26)16-13-25-6-2-1-3-7-25;1-32(2,3)41-31(38)36-12-5-6-21(11-13-36)33-22-9-10-26-28(18-22)42-27-8-4-7-24(30(27)40-26)25-19-23(20-29(37)34-25)35-14-16-39-17-15-35;32-26-17-20(31-11-13-33-14-12-31)16-22(30-26)21-4-1-5-24-27(21)34-23-7-6-19(15-25(23)35-24)29-18-3-2-9-28-10-8-18;22-13-4-5-17-19(10-13)28-18-3-1-2-15(21(18)27-17)16-11-14(12-20(25)23-16)24-6-8-26-9-7-24/h1-4,6-7,9-12,22-24,26,36H,5,8,13-21H2,(H,37,40);4,7-10,18-21,33H,5-6,11-17H2,1-3H3,(H,34,37);1,4-7,15-18,28-29H,2-3,8-14H2,(H,30,32);1-5,10-12H,6-9,22H2,(H,23,25). The first-order valence-corrected chi connectivity index (χ1v) is 54.9. The second-order valence-electron chi connectivity index (χ2n) is 39.5. The molecular formula is C115H125N15O14S4. The molecule has 3 atom stereocenters. The number of nitrogen functional groups attached to an aromatic ring is 1. The third-order valence-electron chi connectivity index (χ3n) is 27.9. The number of amides is 1. The summed E-state index contributed by atoms with van der Waals surface area (Å²) in [6.07, 6.45) is 10.7. The van der Waals surface area contributed by atoms with Gasteiger partial charge in [0.25, 0.3) is 0 Å². The van der Waals surface area contributed by atoms with Crippen LogP contribution < -0.4 is 87.8 Å². The number of aromatic amines is 4. The predicted octanol–water partition coefficient (Wildman–Crippen LogP) is 21.4. The molecule has 9 aromatic carbocycles. The Morgan fingerprint density at radius 2 is 0.709 bits per heavy atom. The van der Waals surface area contributed by atoms with Gasteiger partial charge in [-0.25, -0.2) is 4.79 Å². The number of carbonyl (C=O) groups is 1. The van der Waals surface area contributed by atoms with Crippen molar-refractivity contribution in [3.63, 3.8) is 0 Å². The van der Waals surface area contributed by atoms with Crippen LogP contribution in [0, 0.1) is 0 Å². The van der Waals surface area contributed by atoms with Crippen LogP contribution in [0.2, 0.25) is 0 Å². The van der Waals surface area contributed by atoms with Crippen LogP contribution in [0.1, 0.15) is 84.1 Å². The van der Waals surface area contributed by atoms with Gasteiger partial charge < -0.3 is 119 Å². The molecule has 11 aliphatic rings. The smallest absolute Gasteiger partial charge is 0.410 e. The van der Waals surface area contributed by atoms with Crippen LogP contribution in [0.4, 0.5) is 50.3 Å². The maximum Gasteiger partial charge on any atom is 0.410 e. The number of pyridine rings is 4. The summed E-state index contributed by atoms with van der Waals surface area (Å²) in [5.41, 5.74) is 20.4. The second kappa shape index (κ2) is 46.7. The summed E-state index contributed by atoms with van der Waals surface area (Å²) >= 11 is 6.71. The summed E-state index contributed by atoms with van der Waals surface area (Å²) in [5, 5.41) is 14.7. The van der Waals surface area contributed by atoms with E-state index in [1.807, 2.05) is 141 Å². The molecule has 24 rings (SSSR count). The van der Waals surface area contributed by atoms with E-state index in [4.69, 9.17) is 48.4 Å². The number of carbonyl (C=O) groups excluding carboxylic acids is 1. The average Bonchev–Trinajstić information content (AvgIpc) is 0.794. The monoisotopic (exact) mass is 2070 g/mol. The van der Waals surface area contributed by atoms with Crippen molar-refractivity contribution in [1.82, 2.24) is 35.1 Å². The van der Waals surface area contributed by atoms with Gasteiger partial charge >= 0.3 is 6.09 Å². The zero-order valence-electron chi connectivity index (χ0n) is 83.5. The van der Waals surface area contributed by atoms with Crippen LogP contribution in [0.3, 0.4) is 0 Å². The summed E-state index contributed by atoms with van der Waals surface area (Å²) < 4.78 is 53.1. The molecule has 1 amide bonds. The number of aromatic nitrogens is 4. The van der Waals surface area contributed by atoms with Crippen molar-refractivity contribution in [3.05, 3.63) is 271 Å². The van der Waals surface area contributed by atoms with Crippen molar-refractivity contribution in [1.29, 1.82) is 0 Å². The van der Waals surface area contributed by atoms with Gasteiger partial charge in [-0.15, -0.1) is 0 Å². The van der Waals surface area contributed by atoms with Gasteiger partial charge in [-0.05, 0) is 256 Å². The molecule has 768 valence electrons. The molecule has 33 heteroatoms. The fourth-order valence-corrected chi connectivity index (χ4v) is 24.4. The maximum absolute atomic E-state index is 12.7. The number of likely N-dealkylation sites (tertiary alicyclic amines) is 2. The number of rotatable bonds is 17. The van der Waals surface area contributed by atoms with Crippen LogP contribution in [0.25, 0.3) is 45.0 Å². The van der Waals surface area contributed by atoms with Gasteiger partial charge in [0, 0.05) is 189 Å². The Labute approximate surface area is 877 Å². The minimum absolute atomic E-state index is 0.116. The Balaban J connectivity index is 0.000000117. The Hall–Kier alpha value is -13.2. The van der Waals surface area contributed by atoms with E-state index in [0.717, 1.165) is 287 Å². The van der Waals surface area contributed by atoms with Crippen molar-refractivity contribution in [2.24, 2.45) is 0 Å². The van der Waals surface area contributed by atoms with E-state index in [2.05, 4.69) is 151 Å². The molecule has 15 heterocycles. The summed E-state index contributed by atoms with van der Waals surface area (Å²) in [5.74, 6) is 6.31. The molecule has 29 nitrogen and oxygen atoms in total. The highest BCUT2D eigenvalue weighted by atomic mass is 32.2. The number of nitrogens with one attached hydrogen (secondary N) is 8. The molecule has 148 heavy (non-hydrogen) atoms. The summed E-state index contributed by atoms with van der Waals surface area (Å²) in [7, 11) is 0. The lowest BCUT2D eigenvalue weighted by atomic mass is 10.1. The fraction of sp³-hybridized carbons (Fsp3) is 0.348. The SMILES string of the molecule is CC(C)(C)OC(=O)N1CCCC(Nc2ccc3c(c2)Sc2cccc(-c4cc(N5CCOCC5)cc(=O)[nH]4)c2O3)CC1.Nc1ccc2c(c1)Sc1cccc(-c3cc(N4CCOCC4)cc(=O)[nH]3)c1O2.O=c1cc(N2CCOCC2)cc(-c2cccc3c2Oc2ccc(NC4CCCN(CCc5ccccc5)CC4)cc2S3)[nH]1.O=c1cc(N2CCOCC2)cc(-c2cccc3c2Oc2ccc(NC4CCCNCC4)cc2S3)[nH]1. The molecule has 10 N–H and O–H groups in total. The third kappa shape index (κ3) is 25.0. The van der Waals surface area contributed by atoms with E-state index in [9.17, 15) is 24.0 Å². The summed E-state index contributed by atoms with van der Waals surface area (Å²) in [6.45, 7) is 24.2. The summed E-state index contributed by atoms with van der Waals surface area (Å²) in [6, 6.07) is 75.5. The first kappa shape index (κ1) is 101. The van der Waals surface area contributed by atoms with Crippen LogP contribution >= 0.6 is 47.0 Å². The lowest BCUT2D eigenvalue weighted by Gasteiger charge is -2.29. The molecule has 0 radical (unpaired) electrons. The molecule has 7 fully saturated rings. The van der Waals surface area contributed by atoms with E-state index >= 15 is 0 Å². The molecule has 13 aromatic rings. The van der Waals surface area contributed by atoms with E-state index in [1.165, 1.54) is 37.8 Å². The van der Waals surface area contributed by atoms with Gasteiger partial charge in [-0.1, -0.05) is 102 Å². The number of hydrogen-bond donors (Lipinski definition) is 9. The van der Waals surface area contributed by atoms with E-state index < -0.39 is 5.60 Å². The number of nitrogens with zero attached hydrogens (tertiary/aromatic N) is 6. The Bertz CT molecular complexity index is 7180. The highest BCUT2D eigenvalue weighted by molar-refractivity contribution is 8.00. The lowest BCUT2D eigenvalue weighted by molar-refractivity contribution is 0.0256. The van der Waals surface area contributed by atoms with Gasteiger partial charge in [-0.3, -0.25) is 19.2 Å². The van der Waals surface area contributed by atoms with Crippen LogP contribution in [0.15, 0.2) is 283 Å². The molecule has 0 saturated carbocycles. The lowest BCUT2D eigenvalue weighted by Crippen LogP contribution is -2.37. The minimum atomic E-state index is -0.493. The number of anilines is 8. The zero-order chi connectivity index (χ0) is 101. The average molecular weight is 2070 g/mol. The molecule has 4 aromatic heterocycles. The van der Waals surface area contributed by atoms with Crippen molar-refractivity contribution in [2.75, 3.05) is 192 Å². The number of H-pyrrole nitrogens is 4. The third-order valence-corrected chi connectivity index (χ3v) is 32.2. The van der Waals surface area contributed by atoms with Crippen LogP contribution in [-0.2, 0) is 30.1 Å². The molecular weight excluding hydrogens is 1940 g/mol. The van der Waals surface area contributed by atoms with Crippen molar-refractivity contribution < 1.29 is 47.4 Å². The van der Waals surface area contributed by atoms with Crippen LogP contribution in [0.5, 0.6) is 46.0 Å². The second-order valence-corrected chi connectivity index (χ2v) is 43.8. The largest absolute Gasteiger partial charge is 0.454 e. The highest BCUT2D eigenvalue weighted by Gasteiger charge is 2.33. The molecule has 0 bridgehead atoms. The number of benzene rings is 9. The number of morpholine rings is 4.